The standard InChI is InChI=1S/C14H21N3S2/c1-5-6-7-18-8-11-16-13(15-4)12-9(2)10(3)19-14(12)17-11/h5-8H2,1-4H3,(H,15,16,17). The Labute approximate surface area is 123 Å². The lowest BCUT2D eigenvalue weighted by Gasteiger charge is -2.06. The molecule has 1 N–H and O–H groups in total. The summed E-state index contributed by atoms with van der Waals surface area (Å²) >= 11 is 3.69. The van der Waals surface area contributed by atoms with Crippen molar-refractivity contribution in [3.63, 3.8) is 0 Å². The van der Waals surface area contributed by atoms with Gasteiger partial charge in [0.25, 0.3) is 0 Å². The molecule has 2 aromatic heterocycles. The van der Waals surface area contributed by atoms with Gasteiger partial charge < -0.3 is 5.32 Å². The van der Waals surface area contributed by atoms with Gasteiger partial charge in [0.05, 0.1) is 11.1 Å². The fourth-order valence-corrected chi connectivity index (χ4v) is 3.95. The summed E-state index contributed by atoms with van der Waals surface area (Å²) in [6.07, 6.45) is 2.51. The van der Waals surface area contributed by atoms with Gasteiger partial charge in [-0.1, -0.05) is 13.3 Å². The Hall–Kier alpha value is -0.810. The predicted molar refractivity (Wildman–Crippen MR) is 87.5 cm³/mol. The molecular weight excluding hydrogens is 274 g/mol. The first-order valence-electron chi connectivity index (χ1n) is 6.69. The van der Waals surface area contributed by atoms with Crippen molar-refractivity contribution >= 4 is 39.1 Å². The second-order valence-electron chi connectivity index (χ2n) is 4.61. The quantitative estimate of drug-likeness (QED) is 0.802. The topological polar surface area (TPSA) is 37.8 Å². The average molecular weight is 295 g/mol. The van der Waals surface area contributed by atoms with E-state index in [1.807, 2.05) is 18.8 Å². The molecule has 0 unspecified atom stereocenters. The third-order valence-electron chi connectivity index (χ3n) is 3.19. The number of unbranched alkanes of at least 4 members (excludes halogenated alkanes) is 1. The highest BCUT2D eigenvalue weighted by atomic mass is 32.2. The molecule has 2 rings (SSSR count). The summed E-state index contributed by atoms with van der Waals surface area (Å²) in [5, 5.41) is 4.40. The van der Waals surface area contributed by atoms with E-state index in [0.29, 0.717) is 0 Å². The minimum atomic E-state index is 0.903. The monoisotopic (exact) mass is 295 g/mol. The minimum Gasteiger partial charge on any atom is -0.372 e. The van der Waals surface area contributed by atoms with Crippen molar-refractivity contribution < 1.29 is 0 Å². The molecule has 0 aliphatic rings. The van der Waals surface area contributed by atoms with E-state index in [0.717, 1.165) is 22.2 Å². The molecule has 2 aromatic rings. The number of thioether (sulfide) groups is 1. The fraction of sp³-hybridized carbons (Fsp3) is 0.571. The van der Waals surface area contributed by atoms with Crippen molar-refractivity contribution in [3.8, 4) is 0 Å². The third kappa shape index (κ3) is 3.20. The third-order valence-corrected chi connectivity index (χ3v) is 5.33. The van der Waals surface area contributed by atoms with E-state index in [4.69, 9.17) is 4.98 Å². The lowest BCUT2D eigenvalue weighted by Crippen LogP contribution is -2.00. The second kappa shape index (κ2) is 6.57. The predicted octanol–water partition coefficient (Wildman–Crippen LogP) is 4.38. The first-order valence-corrected chi connectivity index (χ1v) is 8.66. The number of aromatic nitrogens is 2. The van der Waals surface area contributed by atoms with Crippen LogP contribution in [-0.4, -0.2) is 22.8 Å². The van der Waals surface area contributed by atoms with E-state index in [9.17, 15) is 0 Å². The molecule has 2 heterocycles. The van der Waals surface area contributed by atoms with Crippen molar-refractivity contribution in [1.29, 1.82) is 0 Å². The summed E-state index contributed by atoms with van der Waals surface area (Å²) in [4.78, 5) is 11.8. The molecule has 104 valence electrons. The van der Waals surface area contributed by atoms with Crippen molar-refractivity contribution in [2.75, 3.05) is 18.1 Å². The Morgan fingerprint density at radius 3 is 2.74 bits per heavy atom. The van der Waals surface area contributed by atoms with Crippen LogP contribution in [0, 0.1) is 13.8 Å². The Balaban J connectivity index is 2.27. The smallest absolute Gasteiger partial charge is 0.142 e. The summed E-state index contributed by atoms with van der Waals surface area (Å²) in [5.74, 6) is 4.01. The van der Waals surface area contributed by atoms with Gasteiger partial charge in [-0.05, 0) is 31.6 Å². The molecule has 0 saturated heterocycles. The summed E-state index contributed by atoms with van der Waals surface area (Å²) in [6.45, 7) is 6.52. The van der Waals surface area contributed by atoms with E-state index in [2.05, 4.69) is 31.1 Å². The first-order chi connectivity index (χ1) is 9.17. The van der Waals surface area contributed by atoms with Crippen molar-refractivity contribution in [2.24, 2.45) is 0 Å². The molecule has 0 radical (unpaired) electrons. The molecule has 0 atom stereocenters. The van der Waals surface area contributed by atoms with Crippen LogP contribution in [0.4, 0.5) is 5.82 Å². The van der Waals surface area contributed by atoms with Gasteiger partial charge in [-0.2, -0.15) is 11.8 Å². The highest BCUT2D eigenvalue weighted by Crippen LogP contribution is 2.33. The summed E-state index contributed by atoms with van der Waals surface area (Å²) < 4.78 is 0. The van der Waals surface area contributed by atoms with Crippen LogP contribution < -0.4 is 5.32 Å². The van der Waals surface area contributed by atoms with Gasteiger partial charge in [0.15, 0.2) is 0 Å². The number of hydrogen-bond donors (Lipinski definition) is 1. The largest absolute Gasteiger partial charge is 0.372 e. The van der Waals surface area contributed by atoms with Crippen LogP contribution in [0.1, 0.15) is 36.0 Å². The number of aryl methyl sites for hydroxylation is 2. The lowest BCUT2D eigenvalue weighted by molar-refractivity contribution is 0.895. The number of rotatable bonds is 6. The Morgan fingerprint density at radius 2 is 2.05 bits per heavy atom. The van der Waals surface area contributed by atoms with Crippen LogP contribution in [-0.2, 0) is 5.75 Å². The fourth-order valence-electron chi connectivity index (χ4n) is 1.95. The molecule has 5 heteroatoms. The minimum absolute atomic E-state index is 0.903. The van der Waals surface area contributed by atoms with Gasteiger partial charge in [-0.25, -0.2) is 9.97 Å². The van der Waals surface area contributed by atoms with Gasteiger partial charge in [0, 0.05) is 11.9 Å². The first kappa shape index (κ1) is 14.6. The highest BCUT2D eigenvalue weighted by molar-refractivity contribution is 7.98. The maximum absolute atomic E-state index is 4.71. The molecule has 0 aliphatic carbocycles. The maximum Gasteiger partial charge on any atom is 0.142 e. The number of nitrogens with one attached hydrogen (secondary N) is 1. The van der Waals surface area contributed by atoms with Crippen LogP contribution in [0.3, 0.4) is 0 Å². The van der Waals surface area contributed by atoms with Crippen molar-refractivity contribution in [3.05, 3.63) is 16.3 Å². The molecule has 0 bridgehead atoms. The SMILES string of the molecule is CCCCSCc1nc(NC)c2c(C)c(C)sc2n1. The van der Waals surface area contributed by atoms with Gasteiger partial charge in [-0.15, -0.1) is 11.3 Å². The van der Waals surface area contributed by atoms with Gasteiger partial charge >= 0.3 is 0 Å². The summed E-state index contributed by atoms with van der Waals surface area (Å²) in [6, 6.07) is 0. The molecule has 0 aliphatic heterocycles. The average Bonchev–Trinajstić information content (AvgIpc) is 2.69. The van der Waals surface area contributed by atoms with E-state index in [1.54, 1.807) is 11.3 Å². The Morgan fingerprint density at radius 1 is 1.26 bits per heavy atom. The molecule has 0 amide bonds. The number of nitrogens with zero attached hydrogens (tertiary/aromatic N) is 2. The van der Waals surface area contributed by atoms with Crippen LogP contribution in [0.5, 0.6) is 0 Å². The zero-order chi connectivity index (χ0) is 13.8. The summed E-state index contributed by atoms with van der Waals surface area (Å²) in [7, 11) is 1.93. The zero-order valence-corrected chi connectivity index (χ0v) is 13.7. The Bertz CT molecular complexity index is 563. The van der Waals surface area contributed by atoms with Crippen LogP contribution in [0.2, 0.25) is 0 Å². The molecule has 0 fully saturated rings. The van der Waals surface area contributed by atoms with E-state index in [-0.39, 0.29) is 0 Å². The van der Waals surface area contributed by atoms with Gasteiger partial charge in [0.1, 0.15) is 16.5 Å². The highest BCUT2D eigenvalue weighted by Gasteiger charge is 2.13. The molecule has 0 aromatic carbocycles. The number of thiophene rings is 1. The van der Waals surface area contributed by atoms with E-state index < -0.39 is 0 Å². The normalized spacial score (nSPS) is 11.2. The molecule has 19 heavy (non-hydrogen) atoms. The van der Waals surface area contributed by atoms with Crippen molar-refractivity contribution in [1.82, 2.24) is 9.97 Å². The van der Waals surface area contributed by atoms with Crippen molar-refractivity contribution in [2.45, 2.75) is 39.4 Å². The van der Waals surface area contributed by atoms with Crippen LogP contribution in [0.15, 0.2) is 0 Å². The van der Waals surface area contributed by atoms with Gasteiger partial charge in [-0.3, -0.25) is 0 Å². The Kier molecular flexibility index (Phi) is 5.05. The molecule has 0 saturated carbocycles. The molecule has 3 nitrogen and oxygen atoms in total. The van der Waals surface area contributed by atoms with E-state index >= 15 is 0 Å². The number of fused-ring (bicyclic) bond motifs is 1. The van der Waals surface area contributed by atoms with Gasteiger partial charge in [0.2, 0.25) is 0 Å². The zero-order valence-electron chi connectivity index (χ0n) is 12.0. The lowest BCUT2D eigenvalue weighted by atomic mass is 10.2. The number of anilines is 1. The summed E-state index contributed by atoms with van der Waals surface area (Å²) in [5.41, 5.74) is 1.30. The van der Waals surface area contributed by atoms with Crippen LogP contribution >= 0.6 is 23.1 Å². The van der Waals surface area contributed by atoms with Crippen LogP contribution in [0.25, 0.3) is 10.2 Å². The second-order valence-corrected chi connectivity index (χ2v) is 6.92. The number of hydrogen-bond acceptors (Lipinski definition) is 5. The van der Waals surface area contributed by atoms with E-state index in [1.165, 1.54) is 34.4 Å². The maximum atomic E-state index is 4.71. The molecule has 0 spiro atoms. The molecular formula is C14H21N3S2.